The topological polar surface area (TPSA) is 75.1 Å². The molecule has 0 spiro atoms. The van der Waals surface area contributed by atoms with Gasteiger partial charge in [-0.2, -0.15) is 0 Å². The molecule has 3 heterocycles. The van der Waals surface area contributed by atoms with E-state index in [9.17, 15) is 18.7 Å². The normalized spacial score (nSPS) is 17.8. The third kappa shape index (κ3) is 4.52. The average Bonchev–Trinajstić information content (AvgIpc) is 3.04. The summed E-state index contributed by atoms with van der Waals surface area (Å²) in [6.07, 6.45) is 1.01. The predicted molar refractivity (Wildman–Crippen MR) is 115 cm³/mol. The number of pyridine rings is 1. The van der Waals surface area contributed by atoms with Gasteiger partial charge < -0.3 is 24.4 Å². The first kappa shape index (κ1) is 22.0. The Kier molecular flexibility index (Phi) is 5.54. The van der Waals surface area contributed by atoms with E-state index in [4.69, 9.17) is 0 Å². The van der Waals surface area contributed by atoms with Crippen LogP contribution >= 0.6 is 0 Å². The molecule has 1 fully saturated rings. The summed E-state index contributed by atoms with van der Waals surface area (Å²) in [4.78, 5) is 20.9. The van der Waals surface area contributed by atoms with E-state index >= 15 is 0 Å². The molecule has 4 rings (SSSR count). The lowest BCUT2D eigenvalue weighted by Crippen LogP contribution is -2.48. The Morgan fingerprint density at radius 1 is 1.16 bits per heavy atom. The zero-order valence-electron chi connectivity index (χ0n) is 18.1. The Balaban J connectivity index is 1.38. The van der Waals surface area contributed by atoms with Gasteiger partial charge in [0.1, 0.15) is 5.82 Å². The molecule has 1 amide bonds. The molecule has 1 aromatic carbocycles. The molecule has 1 N–H and O–H groups in total. The number of benzene rings is 1. The molecule has 0 saturated carbocycles. The van der Waals surface area contributed by atoms with Crippen LogP contribution in [0.25, 0.3) is 6.08 Å². The molecule has 32 heavy (non-hydrogen) atoms. The molecule has 0 unspecified atom stereocenters. The van der Waals surface area contributed by atoms with E-state index in [2.05, 4.69) is 19.4 Å². The van der Waals surface area contributed by atoms with Gasteiger partial charge in [0, 0.05) is 38.5 Å². The fourth-order valence-corrected chi connectivity index (χ4v) is 3.99. The lowest BCUT2D eigenvalue weighted by atomic mass is 9.94. The maximum atomic E-state index is 13.1. The van der Waals surface area contributed by atoms with Crippen LogP contribution < -0.4 is 14.4 Å². The summed E-state index contributed by atoms with van der Waals surface area (Å²) in [6.45, 7) is 7.69. The van der Waals surface area contributed by atoms with E-state index in [0.29, 0.717) is 31.7 Å². The quantitative estimate of drug-likeness (QED) is 0.728. The van der Waals surface area contributed by atoms with Crippen LogP contribution in [0.3, 0.4) is 0 Å². The van der Waals surface area contributed by atoms with Gasteiger partial charge >= 0.3 is 6.29 Å². The monoisotopic (exact) mass is 445 g/mol. The third-order valence-corrected chi connectivity index (χ3v) is 5.57. The second kappa shape index (κ2) is 8.05. The standard InChI is InChI=1S/C23H25F2N3O4/c1-15-17(22(2,3)30)8-9-26-21(15)28-12-10-27(11-13-28)20(29)7-5-16-4-6-18-19(14-16)32-23(24,25)31-18/h4-9,14,30H,10-13H2,1-3H3/b7-5+. The van der Waals surface area contributed by atoms with Crippen molar-refractivity contribution in [2.75, 3.05) is 31.1 Å². The molecule has 2 aromatic rings. The fourth-order valence-electron chi connectivity index (χ4n) is 3.99. The third-order valence-electron chi connectivity index (χ3n) is 5.57. The number of anilines is 1. The first-order chi connectivity index (χ1) is 15.0. The van der Waals surface area contributed by atoms with Crippen LogP contribution in [-0.2, 0) is 10.4 Å². The minimum Gasteiger partial charge on any atom is -0.395 e. The molecule has 170 valence electrons. The number of carbonyl (C=O) groups excluding carboxylic acids is 1. The Bertz CT molecular complexity index is 1060. The summed E-state index contributed by atoms with van der Waals surface area (Å²) < 4.78 is 35.1. The highest BCUT2D eigenvalue weighted by Gasteiger charge is 2.43. The van der Waals surface area contributed by atoms with Crippen LogP contribution in [0, 0.1) is 6.92 Å². The minimum absolute atomic E-state index is 0.0350. The van der Waals surface area contributed by atoms with E-state index in [1.165, 1.54) is 18.2 Å². The number of piperazine rings is 1. The maximum absolute atomic E-state index is 13.1. The number of rotatable bonds is 4. The molecule has 0 aliphatic carbocycles. The molecule has 1 aromatic heterocycles. The summed E-state index contributed by atoms with van der Waals surface area (Å²) in [6, 6.07) is 6.19. The Morgan fingerprint density at radius 3 is 2.53 bits per heavy atom. The van der Waals surface area contributed by atoms with Crippen LogP contribution in [-0.4, -0.2) is 53.4 Å². The van der Waals surface area contributed by atoms with Gasteiger partial charge in [-0.3, -0.25) is 4.79 Å². The van der Waals surface area contributed by atoms with Crippen molar-refractivity contribution in [1.29, 1.82) is 0 Å². The largest absolute Gasteiger partial charge is 0.586 e. The van der Waals surface area contributed by atoms with Gasteiger partial charge in [0.15, 0.2) is 11.5 Å². The molecule has 0 radical (unpaired) electrons. The molecular weight excluding hydrogens is 420 g/mol. The average molecular weight is 445 g/mol. The van der Waals surface area contributed by atoms with Crippen molar-refractivity contribution >= 4 is 17.8 Å². The molecule has 2 aliphatic heterocycles. The van der Waals surface area contributed by atoms with E-state index in [-0.39, 0.29) is 17.4 Å². The van der Waals surface area contributed by atoms with Crippen LogP contribution in [0.4, 0.5) is 14.6 Å². The van der Waals surface area contributed by atoms with E-state index in [0.717, 1.165) is 16.9 Å². The van der Waals surface area contributed by atoms with E-state index in [1.54, 1.807) is 37.1 Å². The number of hydrogen-bond acceptors (Lipinski definition) is 6. The number of hydrogen-bond donors (Lipinski definition) is 1. The first-order valence-electron chi connectivity index (χ1n) is 10.3. The maximum Gasteiger partial charge on any atom is 0.586 e. The van der Waals surface area contributed by atoms with Crippen molar-refractivity contribution in [3.63, 3.8) is 0 Å². The molecular formula is C23H25F2N3O4. The summed E-state index contributed by atoms with van der Waals surface area (Å²) in [5.41, 5.74) is 1.34. The van der Waals surface area contributed by atoms with Crippen LogP contribution in [0.1, 0.15) is 30.5 Å². The number of aromatic nitrogens is 1. The Hall–Kier alpha value is -3.20. The van der Waals surface area contributed by atoms with Crippen molar-refractivity contribution in [3.8, 4) is 11.5 Å². The Labute approximate surface area is 184 Å². The highest BCUT2D eigenvalue weighted by atomic mass is 19.3. The number of fused-ring (bicyclic) bond motifs is 1. The lowest BCUT2D eigenvalue weighted by Gasteiger charge is -2.36. The number of nitrogens with zero attached hydrogens (tertiary/aromatic N) is 3. The molecule has 2 aliphatic rings. The van der Waals surface area contributed by atoms with Crippen LogP contribution in [0.5, 0.6) is 11.5 Å². The highest BCUT2D eigenvalue weighted by molar-refractivity contribution is 5.92. The lowest BCUT2D eigenvalue weighted by molar-refractivity contribution is -0.286. The summed E-state index contributed by atoms with van der Waals surface area (Å²) in [7, 11) is 0. The summed E-state index contributed by atoms with van der Waals surface area (Å²) in [5.74, 6) is 0.550. The van der Waals surface area contributed by atoms with Gasteiger partial charge in [0.05, 0.1) is 5.60 Å². The van der Waals surface area contributed by atoms with Gasteiger partial charge in [-0.1, -0.05) is 6.07 Å². The minimum atomic E-state index is -3.67. The number of aliphatic hydroxyl groups is 1. The number of carbonyl (C=O) groups is 1. The molecule has 7 nitrogen and oxygen atoms in total. The van der Waals surface area contributed by atoms with Gasteiger partial charge in [-0.05, 0) is 61.7 Å². The smallest absolute Gasteiger partial charge is 0.395 e. The SMILES string of the molecule is Cc1c(C(C)(C)O)ccnc1N1CCN(C(=O)/C=C/c2ccc3c(c2)OC(F)(F)O3)CC1. The first-order valence-corrected chi connectivity index (χ1v) is 10.3. The van der Waals surface area contributed by atoms with Crippen molar-refractivity contribution in [1.82, 2.24) is 9.88 Å². The van der Waals surface area contributed by atoms with E-state index in [1.807, 2.05) is 13.0 Å². The zero-order chi connectivity index (χ0) is 23.1. The Morgan fingerprint density at radius 2 is 1.84 bits per heavy atom. The summed E-state index contributed by atoms with van der Waals surface area (Å²) in [5, 5.41) is 10.4. The van der Waals surface area contributed by atoms with Crippen molar-refractivity contribution < 1.29 is 28.2 Å². The highest BCUT2D eigenvalue weighted by Crippen LogP contribution is 2.41. The number of alkyl halides is 2. The van der Waals surface area contributed by atoms with Crippen molar-refractivity contribution in [2.24, 2.45) is 0 Å². The van der Waals surface area contributed by atoms with Gasteiger partial charge in [0.2, 0.25) is 5.91 Å². The zero-order valence-corrected chi connectivity index (χ0v) is 18.1. The van der Waals surface area contributed by atoms with Crippen molar-refractivity contribution in [3.05, 3.63) is 53.2 Å². The molecule has 0 bridgehead atoms. The molecule has 0 atom stereocenters. The van der Waals surface area contributed by atoms with Crippen molar-refractivity contribution in [2.45, 2.75) is 32.7 Å². The van der Waals surface area contributed by atoms with E-state index < -0.39 is 11.9 Å². The predicted octanol–water partition coefficient (Wildman–Crippen LogP) is 3.30. The van der Waals surface area contributed by atoms with Gasteiger partial charge in [-0.15, -0.1) is 8.78 Å². The second-order valence-corrected chi connectivity index (χ2v) is 8.39. The number of ether oxygens (including phenoxy) is 2. The molecule has 1 saturated heterocycles. The molecule has 9 heteroatoms. The summed E-state index contributed by atoms with van der Waals surface area (Å²) >= 11 is 0. The van der Waals surface area contributed by atoms with Gasteiger partial charge in [-0.25, -0.2) is 4.98 Å². The van der Waals surface area contributed by atoms with Crippen LogP contribution in [0.15, 0.2) is 36.5 Å². The van der Waals surface area contributed by atoms with Crippen LogP contribution in [0.2, 0.25) is 0 Å². The second-order valence-electron chi connectivity index (χ2n) is 8.39. The van der Waals surface area contributed by atoms with Gasteiger partial charge in [0.25, 0.3) is 0 Å². The number of halogens is 2. The number of amides is 1. The fraction of sp³-hybridized carbons (Fsp3) is 0.391.